The molecule has 0 fully saturated rings. The summed E-state index contributed by atoms with van der Waals surface area (Å²) in [6, 6.07) is 5.39. The Kier molecular flexibility index (Phi) is 6.61. The lowest BCUT2D eigenvalue weighted by molar-refractivity contribution is 0.185. The van der Waals surface area contributed by atoms with Gasteiger partial charge in [0.2, 0.25) is 5.96 Å². The molecule has 0 aromatic heterocycles. The van der Waals surface area contributed by atoms with E-state index in [0.717, 1.165) is 5.69 Å². The zero-order valence-electron chi connectivity index (χ0n) is 12.3. The molecule has 112 valence electrons. The van der Waals surface area contributed by atoms with Crippen LogP contribution < -0.4 is 26.1 Å². The number of ether oxygens (including phenoxy) is 3. The van der Waals surface area contributed by atoms with Crippen LogP contribution in [-0.2, 0) is 4.74 Å². The molecule has 1 rings (SSSR count). The molecule has 1 aromatic rings. The number of guanidine groups is 1. The lowest BCUT2D eigenvalue weighted by Gasteiger charge is -2.14. The topological polar surface area (TPSA) is 90.1 Å². The van der Waals surface area contributed by atoms with Crippen molar-refractivity contribution < 1.29 is 14.2 Å². The van der Waals surface area contributed by atoms with Gasteiger partial charge in [-0.3, -0.25) is 5.43 Å². The molecule has 1 atom stereocenters. The van der Waals surface area contributed by atoms with Crippen molar-refractivity contribution in [2.24, 2.45) is 10.8 Å². The highest BCUT2D eigenvalue weighted by Crippen LogP contribution is 2.25. The summed E-state index contributed by atoms with van der Waals surface area (Å²) in [4.78, 5) is 4.35. The monoisotopic (exact) mass is 282 g/mol. The molecule has 4 N–H and O–H groups in total. The molecule has 0 aliphatic rings. The van der Waals surface area contributed by atoms with Crippen LogP contribution in [0.5, 0.6) is 11.5 Å². The van der Waals surface area contributed by atoms with E-state index in [1.165, 1.54) is 0 Å². The van der Waals surface area contributed by atoms with E-state index in [9.17, 15) is 0 Å². The molecule has 0 saturated heterocycles. The molecule has 1 unspecified atom stereocenters. The minimum Gasteiger partial charge on any atom is -0.497 e. The average molecular weight is 282 g/mol. The second-order valence-electron chi connectivity index (χ2n) is 4.15. The van der Waals surface area contributed by atoms with Crippen LogP contribution in [0.3, 0.4) is 0 Å². The Morgan fingerprint density at radius 2 is 1.80 bits per heavy atom. The highest BCUT2D eigenvalue weighted by Gasteiger charge is 2.06. The third-order valence-electron chi connectivity index (χ3n) is 2.51. The first-order chi connectivity index (χ1) is 9.62. The number of nitrogens with one attached hydrogen (secondary N) is 2. The zero-order valence-corrected chi connectivity index (χ0v) is 12.3. The molecule has 0 aliphatic carbocycles. The van der Waals surface area contributed by atoms with E-state index < -0.39 is 0 Å². The zero-order chi connectivity index (χ0) is 15.0. The van der Waals surface area contributed by atoms with Gasteiger partial charge in [0.15, 0.2) is 0 Å². The van der Waals surface area contributed by atoms with Gasteiger partial charge in [-0.2, -0.15) is 0 Å². The number of nitrogens with zero attached hydrogens (tertiary/aromatic N) is 1. The van der Waals surface area contributed by atoms with Crippen LogP contribution in [0.15, 0.2) is 23.2 Å². The minimum atomic E-state index is -0.0222. The van der Waals surface area contributed by atoms with Crippen molar-refractivity contribution in [2.45, 2.75) is 13.0 Å². The smallest absolute Gasteiger partial charge is 0.210 e. The van der Waals surface area contributed by atoms with E-state index in [1.807, 2.05) is 19.1 Å². The van der Waals surface area contributed by atoms with Gasteiger partial charge < -0.3 is 19.5 Å². The highest BCUT2D eigenvalue weighted by atomic mass is 16.5. The summed E-state index contributed by atoms with van der Waals surface area (Å²) in [6.07, 6.45) is 0. The van der Waals surface area contributed by atoms with Crippen molar-refractivity contribution >= 4 is 11.6 Å². The summed E-state index contributed by atoms with van der Waals surface area (Å²) in [6.45, 7) is 2.43. The van der Waals surface area contributed by atoms with Gasteiger partial charge in [0.05, 0.1) is 26.9 Å². The van der Waals surface area contributed by atoms with Gasteiger partial charge in [0.1, 0.15) is 11.5 Å². The molecule has 20 heavy (non-hydrogen) atoms. The van der Waals surface area contributed by atoms with Crippen molar-refractivity contribution in [3.05, 3.63) is 18.2 Å². The van der Waals surface area contributed by atoms with Gasteiger partial charge in [-0.05, 0) is 6.92 Å². The van der Waals surface area contributed by atoms with Crippen molar-refractivity contribution in [3.63, 3.8) is 0 Å². The van der Waals surface area contributed by atoms with Crippen LogP contribution in [-0.4, -0.2) is 39.9 Å². The summed E-state index contributed by atoms with van der Waals surface area (Å²) < 4.78 is 15.4. The number of anilines is 1. The first-order valence-electron chi connectivity index (χ1n) is 6.16. The van der Waals surface area contributed by atoms with Gasteiger partial charge in [-0.1, -0.05) is 0 Å². The molecule has 7 nitrogen and oxygen atoms in total. The number of rotatable bonds is 6. The van der Waals surface area contributed by atoms with Crippen LogP contribution in [0.1, 0.15) is 6.92 Å². The summed E-state index contributed by atoms with van der Waals surface area (Å²) in [5.74, 6) is 7.24. The summed E-state index contributed by atoms with van der Waals surface area (Å²) in [5, 5.41) is 3.07. The average Bonchev–Trinajstić information content (AvgIpc) is 2.46. The van der Waals surface area contributed by atoms with E-state index in [-0.39, 0.29) is 6.04 Å². The number of methoxy groups -OCH3 is 3. The summed E-state index contributed by atoms with van der Waals surface area (Å²) >= 11 is 0. The summed E-state index contributed by atoms with van der Waals surface area (Å²) in [7, 11) is 4.81. The van der Waals surface area contributed by atoms with E-state index in [0.29, 0.717) is 24.1 Å². The molecule has 0 radical (unpaired) electrons. The maximum Gasteiger partial charge on any atom is 0.210 e. The molecule has 0 aliphatic heterocycles. The molecular weight excluding hydrogens is 260 g/mol. The minimum absolute atomic E-state index is 0.0222. The fourth-order valence-electron chi connectivity index (χ4n) is 1.62. The van der Waals surface area contributed by atoms with Crippen LogP contribution >= 0.6 is 0 Å². The molecule has 0 spiro atoms. The lowest BCUT2D eigenvalue weighted by atomic mass is 10.3. The van der Waals surface area contributed by atoms with Gasteiger partial charge in [0.25, 0.3) is 0 Å². The number of hydrogen-bond donors (Lipinski definition) is 3. The van der Waals surface area contributed by atoms with E-state index in [1.54, 1.807) is 27.4 Å². The number of aliphatic imine (C=N–C) groups is 1. The fourth-order valence-corrected chi connectivity index (χ4v) is 1.62. The first kappa shape index (κ1) is 16.1. The van der Waals surface area contributed by atoms with Crippen LogP contribution in [0.25, 0.3) is 0 Å². The van der Waals surface area contributed by atoms with Gasteiger partial charge in [-0.25, -0.2) is 10.8 Å². The van der Waals surface area contributed by atoms with E-state index in [4.69, 9.17) is 20.1 Å². The number of hydrogen-bond acceptors (Lipinski definition) is 5. The Balaban J connectivity index is 2.88. The van der Waals surface area contributed by atoms with Gasteiger partial charge >= 0.3 is 0 Å². The van der Waals surface area contributed by atoms with Gasteiger partial charge in [0, 0.05) is 31.0 Å². The van der Waals surface area contributed by atoms with Crippen LogP contribution in [0.2, 0.25) is 0 Å². The third kappa shape index (κ3) is 4.94. The SMILES string of the molecule is COCC(C)N=C(NN)Nc1cc(OC)cc(OC)c1. The van der Waals surface area contributed by atoms with Crippen molar-refractivity contribution in [1.82, 2.24) is 5.43 Å². The number of hydrazine groups is 1. The molecule has 0 bridgehead atoms. The standard InChI is InChI=1S/C13H22N4O3/c1-9(8-18-2)15-13(17-14)16-10-5-11(19-3)7-12(6-10)20-4/h5-7,9H,8,14H2,1-4H3,(H2,15,16,17). The van der Waals surface area contributed by atoms with Crippen molar-refractivity contribution in [1.29, 1.82) is 0 Å². The molecule has 0 saturated carbocycles. The van der Waals surface area contributed by atoms with Crippen molar-refractivity contribution in [3.8, 4) is 11.5 Å². The largest absolute Gasteiger partial charge is 0.497 e. The Morgan fingerprint density at radius 3 is 2.25 bits per heavy atom. The molecular formula is C13H22N4O3. The Bertz CT molecular complexity index is 429. The van der Waals surface area contributed by atoms with E-state index >= 15 is 0 Å². The predicted octanol–water partition coefficient (Wildman–Crippen LogP) is 0.970. The Labute approximate surface area is 119 Å². The predicted molar refractivity (Wildman–Crippen MR) is 79.3 cm³/mol. The summed E-state index contributed by atoms with van der Waals surface area (Å²) in [5.41, 5.74) is 3.27. The lowest BCUT2D eigenvalue weighted by Crippen LogP contribution is -2.37. The maximum absolute atomic E-state index is 5.46. The van der Waals surface area contributed by atoms with E-state index in [2.05, 4.69) is 15.7 Å². The number of nitrogens with two attached hydrogens (primary N) is 1. The number of benzene rings is 1. The maximum atomic E-state index is 5.46. The van der Waals surface area contributed by atoms with Gasteiger partial charge in [-0.15, -0.1) is 0 Å². The second kappa shape index (κ2) is 8.23. The Morgan fingerprint density at radius 1 is 1.20 bits per heavy atom. The first-order valence-corrected chi connectivity index (χ1v) is 6.16. The quantitative estimate of drug-likeness (QED) is 0.312. The Hall–Kier alpha value is -1.99. The fraction of sp³-hybridized carbons (Fsp3) is 0.462. The second-order valence-corrected chi connectivity index (χ2v) is 4.15. The third-order valence-corrected chi connectivity index (χ3v) is 2.51. The normalized spacial score (nSPS) is 12.8. The van der Waals surface area contributed by atoms with Crippen molar-refractivity contribution in [2.75, 3.05) is 33.3 Å². The molecule has 0 amide bonds. The molecule has 7 heteroatoms. The highest BCUT2D eigenvalue weighted by molar-refractivity contribution is 5.93. The van der Waals surface area contributed by atoms with Crippen LogP contribution in [0, 0.1) is 0 Å². The molecule has 1 aromatic carbocycles. The molecule has 0 heterocycles. The van der Waals surface area contributed by atoms with Crippen LogP contribution in [0.4, 0.5) is 5.69 Å².